The largest absolute Gasteiger partial charge is 0.103 e. The van der Waals surface area contributed by atoms with Gasteiger partial charge in [-0.25, -0.2) is 0 Å². The summed E-state index contributed by atoms with van der Waals surface area (Å²) in [5.74, 6) is 0. The van der Waals surface area contributed by atoms with Gasteiger partial charge in [0.1, 0.15) is 0 Å². The number of rotatable bonds is 11. The predicted octanol–water partition coefficient (Wildman–Crippen LogP) is 6.60. The van der Waals surface area contributed by atoms with Crippen molar-refractivity contribution in [1.29, 1.82) is 0 Å². The van der Waals surface area contributed by atoms with Crippen LogP contribution in [0, 0.1) is 0 Å². The first-order valence-corrected chi connectivity index (χ1v) is 7.69. The fraction of sp³-hybridized carbons (Fsp3) is 0.667. The van der Waals surface area contributed by atoms with Crippen molar-refractivity contribution in [3.8, 4) is 0 Å². The third kappa shape index (κ3) is 10.4. The molecule has 0 bridgehead atoms. The van der Waals surface area contributed by atoms with Crippen LogP contribution < -0.4 is 0 Å². The summed E-state index contributed by atoms with van der Waals surface area (Å²) < 4.78 is 0. The van der Waals surface area contributed by atoms with E-state index in [-0.39, 0.29) is 0 Å². The summed E-state index contributed by atoms with van der Waals surface area (Å²) in [6.45, 7) is 10.5. The van der Waals surface area contributed by atoms with Gasteiger partial charge in [0.05, 0.1) is 0 Å². The molecule has 18 heavy (non-hydrogen) atoms. The molecule has 0 heterocycles. The van der Waals surface area contributed by atoms with Crippen LogP contribution in [0.4, 0.5) is 0 Å². The Kier molecular flexibility index (Phi) is 12.1. The van der Waals surface area contributed by atoms with E-state index >= 15 is 0 Å². The van der Waals surface area contributed by atoms with Crippen molar-refractivity contribution in [2.24, 2.45) is 0 Å². The molecule has 0 rings (SSSR count). The van der Waals surface area contributed by atoms with Crippen molar-refractivity contribution >= 4 is 0 Å². The molecule has 0 saturated heterocycles. The second-order valence-corrected chi connectivity index (χ2v) is 5.10. The van der Waals surface area contributed by atoms with E-state index in [0.29, 0.717) is 0 Å². The van der Waals surface area contributed by atoms with Gasteiger partial charge < -0.3 is 0 Å². The Bertz CT molecular complexity index is 249. The fourth-order valence-corrected chi connectivity index (χ4v) is 2.11. The molecule has 0 nitrogen and oxygen atoms in total. The molecule has 0 spiro atoms. The second kappa shape index (κ2) is 12.7. The van der Waals surface area contributed by atoms with Gasteiger partial charge in [-0.2, -0.15) is 0 Å². The minimum atomic E-state index is 1.12. The van der Waals surface area contributed by atoms with Gasteiger partial charge in [-0.15, -0.1) is 6.58 Å². The molecule has 0 radical (unpaired) electrons. The number of hydrogen-bond donors (Lipinski definition) is 0. The highest BCUT2D eigenvalue weighted by Gasteiger charge is 1.92. The lowest BCUT2D eigenvalue weighted by Gasteiger charge is -2.02. The molecule has 0 aromatic carbocycles. The lowest BCUT2D eigenvalue weighted by atomic mass is 10.0. The normalized spacial score (nSPS) is 11.4. The van der Waals surface area contributed by atoms with Crippen LogP contribution >= 0.6 is 0 Å². The van der Waals surface area contributed by atoms with Gasteiger partial charge in [0.25, 0.3) is 0 Å². The molecule has 104 valence electrons. The molecule has 0 aromatic heterocycles. The topological polar surface area (TPSA) is 0 Å². The average Bonchev–Trinajstić information content (AvgIpc) is 2.39. The van der Waals surface area contributed by atoms with E-state index in [4.69, 9.17) is 0 Å². The summed E-state index contributed by atoms with van der Waals surface area (Å²) in [6.07, 6.45) is 18.2. The SMILES string of the molecule is C=CCCCCCCC(C)=CCC=C(CC)CC. The van der Waals surface area contributed by atoms with Crippen LogP contribution in [0.5, 0.6) is 0 Å². The van der Waals surface area contributed by atoms with Gasteiger partial charge in [-0.3, -0.25) is 0 Å². The lowest BCUT2D eigenvalue weighted by molar-refractivity contribution is 0.644. The maximum atomic E-state index is 3.75. The van der Waals surface area contributed by atoms with Crippen LogP contribution in [0.1, 0.15) is 78.6 Å². The van der Waals surface area contributed by atoms with Crippen molar-refractivity contribution < 1.29 is 0 Å². The van der Waals surface area contributed by atoms with Crippen LogP contribution in [0.3, 0.4) is 0 Å². The molecular weight excluding hydrogens is 216 g/mol. The summed E-state index contributed by atoms with van der Waals surface area (Å²) in [6, 6.07) is 0. The fourth-order valence-electron chi connectivity index (χ4n) is 2.11. The Morgan fingerprint density at radius 2 is 1.61 bits per heavy atom. The van der Waals surface area contributed by atoms with Gasteiger partial charge in [-0.1, -0.05) is 56.1 Å². The molecule has 0 aliphatic rings. The van der Waals surface area contributed by atoms with E-state index in [1.54, 1.807) is 11.1 Å². The van der Waals surface area contributed by atoms with E-state index in [9.17, 15) is 0 Å². The quantitative estimate of drug-likeness (QED) is 0.285. The molecule has 0 N–H and O–H groups in total. The molecule has 0 aliphatic heterocycles. The van der Waals surface area contributed by atoms with Crippen molar-refractivity contribution in [1.82, 2.24) is 0 Å². The number of allylic oxidation sites excluding steroid dienone is 5. The van der Waals surface area contributed by atoms with E-state index in [1.165, 1.54) is 51.4 Å². The highest BCUT2D eigenvalue weighted by molar-refractivity contribution is 5.07. The molecule has 0 atom stereocenters. The molecule has 0 aliphatic carbocycles. The van der Waals surface area contributed by atoms with Crippen LogP contribution in [-0.2, 0) is 0 Å². The Hall–Kier alpha value is -0.780. The van der Waals surface area contributed by atoms with Gasteiger partial charge >= 0.3 is 0 Å². The molecule has 0 fully saturated rings. The first-order valence-electron chi connectivity index (χ1n) is 7.69. The number of unbranched alkanes of at least 4 members (excludes halogenated alkanes) is 4. The minimum absolute atomic E-state index is 1.12. The Morgan fingerprint density at radius 1 is 0.944 bits per heavy atom. The lowest BCUT2D eigenvalue weighted by Crippen LogP contribution is -1.82. The average molecular weight is 248 g/mol. The maximum Gasteiger partial charge on any atom is -0.0164 e. The van der Waals surface area contributed by atoms with Crippen molar-refractivity contribution in [3.05, 3.63) is 36.0 Å². The zero-order valence-corrected chi connectivity index (χ0v) is 12.8. The molecule has 0 unspecified atom stereocenters. The predicted molar refractivity (Wildman–Crippen MR) is 84.9 cm³/mol. The summed E-state index contributed by atoms with van der Waals surface area (Å²) in [4.78, 5) is 0. The zero-order valence-electron chi connectivity index (χ0n) is 12.8. The van der Waals surface area contributed by atoms with E-state index < -0.39 is 0 Å². The van der Waals surface area contributed by atoms with Crippen molar-refractivity contribution in [3.63, 3.8) is 0 Å². The van der Waals surface area contributed by atoms with Crippen LogP contribution in [-0.4, -0.2) is 0 Å². The molecule has 0 amide bonds. The van der Waals surface area contributed by atoms with Crippen LogP contribution in [0.15, 0.2) is 36.0 Å². The maximum absolute atomic E-state index is 3.75. The standard InChI is InChI=1S/C18H32/c1-5-8-9-10-11-12-14-17(4)15-13-16-18(6-2)7-3/h5,15-16H,1,6-14H2,2-4H3. The van der Waals surface area contributed by atoms with Gasteiger partial charge in [-0.05, 0) is 51.9 Å². The third-order valence-electron chi connectivity index (χ3n) is 3.51. The number of hydrogen-bond acceptors (Lipinski definition) is 0. The molecular formula is C18H32. The van der Waals surface area contributed by atoms with E-state index in [0.717, 1.165) is 6.42 Å². The van der Waals surface area contributed by atoms with Gasteiger partial charge in [0, 0.05) is 0 Å². The van der Waals surface area contributed by atoms with Crippen LogP contribution in [0.2, 0.25) is 0 Å². The molecule has 0 heteroatoms. The zero-order chi connectivity index (χ0) is 13.6. The summed E-state index contributed by atoms with van der Waals surface area (Å²) in [5, 5.41) is 0. The van der Waals surface area contributed by atoms with Gasteiger partial charge in [0.2, 0.25) is 0 Å². The molecule has 0 aromatic rings. The smallest absolute Gasteiger partial charge is 0.0164 e. The monoisotopic (exact) mass is 248 g/mol. The van der Waals surface area contributed by atoms with E-state index in [2.05, 4.69) is 39.5 Å². The highest BCUT2D eigenvalue weighted by Crippen LogP contribution is 2.13. The van der Waals surface area contributed by atoms with Crippen molar-refractivity contribution in [2.75, 3.05) is 0 Å². The van der Waals surface area contributed by atoms with E-state index in [1.807, 2.05) is 6.08 Å². The summed E-state index contributed by atoms with van der Waals surface area (Å²) in [7, 11) is 0. The molecule has 0 saturated carbocycles. The first kappa shape index (κ1) is 17.2. The summed E-state index contributed by atoms with van der Waals surface area (Å²) >= 11 is 0. The third-order valence-corrected chi connectivity index (χ3v) is 3.51. The Balaban J connectivity index is 3.65. The van der Waals surface area contributed by atoms with Crippen LogP contribution in [0.25, 0.3) is 0 Å². The van der Waals surface area contributed by atoms with Gasteiger partial charge in [0.15, 0.2) is 0 Å². The first-order chi connectivity index (χ1) is 8.74. The van der Waals surface area contributed by atoms with Crippen molar-refractivity contribution in [2.45, 2.75) is 78.6 Å². The Morgan fingerprint density at radius 3 is 2.22 bits per heavy atom. The highest BCUT2D eigenvalue weighted by atomic mass is 14.0. The summed E-state index contributed by atoms with van der Waals surface area (Å²) in [5.41, 5.74) is 3.14. The second-order valence-electron chi connectivity index (χ2n) is 5.10. The minimum Gasteiger partial charge on any atom is -0.103 e. The Labute approximate surface area is 115 Å².